The van der Waals surface area contributed by atoms with E-state index in [4.69, 9.17) is 55.2 Å². The topological polar surface area (TPSA) is 123 Å². The maximum atomic E-state index is 13.0. The summed E-state index contributed by atoms with van der Waals surface area (Å²) in [5.74, 6) is -1.94. The molecular formula is C37H30Cl4F5N3O5. The molecule has 0 unspecified atom stereocenters. The fraction of sp³-hybridized carbons (Fsp3) is 0.135. The van der Waals surface area contributed by atoms with Gasteiger partial charge in [-0.05, 0) is 78.7 Å². The minimum Gasteiger partial charge on any atom is -0.504 e. The number of benzene rings is 4. The smallest absolute Gasteiger partial charge is 0.416 e. The molecule has 54 heavy (non-hydrogen) atoms. The standard InChI is InChI=1S/C15H12Cl2F3NO.C11H9Cl2NO2.C11H9F2NO2/c1-8-11(16)6-12(14(22)13(8)17)21-7-9-4-2-3-5-10(9)15(18,19)20;12-7-4-9(13)11(15)10(5-7)14-6-8-2-1-3-16-8;12-8-3-4-9(11(15)10(8)13)14-6-7-2-1-5-16-7/h2-6,21-22H,7H2,1H3;2*1-5,14-15H,6H2. The van der Waals surface area contributed by atoms with E-state index >= 15 is 0 Å². The van der Waals surface area contributed by atoms with Crippen molar-refractivity contribution < 1.29 is 46.1 Å². The summed E-state index contributed by atoms with van der Waals surface area (Å²) < 4.78 is 74.6. The predicted molar refractivity (Wildman–Crippen MR) is 200 cm³/mol. The number of hydrogen-bond donors (Lipinski definition) is 6. The Labute approximate surface area is 325 Å². The highest BCUT2D eigenvalue weighted by molar-refractivity contribution is 6.37. The van der Waals surface area contributed by atoms with Gasteiger partial charge in [0.05, 0.1) is 58.3 Å². The van der Waals surface area contributed by atoms with Crippen molar-refractivity contribution in [3.63, 3.8) is 0 Å². The summed E-state index contributed by atoms with van der Waals surface area (Å²) in [5.41, 5.74) is 0.609. The zero-order valence-electron chi connectivity index (χ0n) is 27.8. The van der Waals surface area contributed by atoms with Gasteiger partial charge < -0.3 is 40.1 Å². The van der Waals surface area contributed by atoms with Crippen LogP contribution in [0.25, 0.3) is 0 Å². The van der Waals surface area contributed by atoms with Crippen molar-refractivity contribution in [2.45, 2.75) is 32.7 Å². The minimum absolute atomic E-state index is 0.0161. The number of rotatable bonds is 9. The number of phenolic OH excluding ortho intramolecular Hbond substituents is 3. The number of aromatic hydroxyl groups is 3. The average Bonchev–Trinajstić information content (AvgIpc) is 3.87. The van der Waals surface area contributed by atoms with Crippen LogP contribution >= 0.6 is 46.4 Å². The Morgan fingerprint density at radius 3 is 1.80 bits per heavy atom. The highest BCUT2D eigenvalue weighted by atomic mass is 35.5. The lowest BCUT2D eigenvalue weighted by Crippen LogP contribution is -2.11. The molecule has 0 amide bonds. The van der Waals surface area contributed by atoms with Crippen LogP contribution in [0, 0.1) is 18.6 Å². The first-order chi connectivity index (χ1) is 25.6. The number of halogens is 9. The molecule has 0 saturated carbocycles. The van der Waals surface area contributed by atoms with E-state index in [1.54, 1.807) is 37.5 Å². The molecule has 17 heteroatoms. The van der Waals surface area contributed by atoms with Gasteiger partial charge in [0.2, 0.25) is 5.82 Å². The Balaban J connectivity index is 0.000000184. The van der Waals surface area contributed by atoms with Crippen LogP contribution < -0.4 is 16.0 Å². The third-order valence-electron chi connectivity index (χ3n) is 7.38. The molecule has 0 fully saturated rings. The normalized spacial score (nSPS) is 10.9. The second-order valence-electron chi connectivity index (χ2n) is 11.1. The van der Waals surface area contributed by atoms with Crippen molar-refractivity contribution in [1.82, 2.24) is 0 Å². The van der Waals surface area contributed by atoms with E-state index in [0.717, 1.165) is 17.9 Å². The molecule has 0 spiro atoms. The fourth-order valence-corrected chi connectivity index (χ4v) is 5.50. The largest absolute Gasteiger partial charge is 0.504 e. The summed E-state index contributed by atoms with van der Waals surface area (Å²) in [7, 11) is 0. The number of alkyl halides is 3. The van der Waals surface area contributed by atoms with Crippen LogP contribution in [0.15, 0.2) is 100 Å². The van der Waals surface area contributed by atoms with Gasteiger partial charge in [-0.1, -0.05) is 64.6 Å². The molecule has 6 aromatic rings. The molecule has 8 nitrogen and oxygen atoms in total. The Kier molecular flexibility index (Phi) is 14.6. The Morgan fingerprint density at radius 2 is 1.20 bits per heavy atom. The first-order valence-electron chi connectivity index (χ1n) is 15.5. The molecule has 0 aliphatic carbocycles. The first-order valence-corrected chi connectivity index (χ1v) is 17.0. The lowest BCUT2D eigenvalue weighted by Gasteiger charge is -2.15. The van der Waals surface area contributed by atoms with Gasteiger partial charge >= 0.3 is 6.18 Å². The van der Waals surface area contributed by atoms with Gasteiger partial charge in [-0.3, -0.25) is 0 Å². The Hall–Kier alpha value is -4.95. The summed E-state index contributed by atoms with van der Waals surface area (Å²) in [6, 6.07) is 19.0. The van der Waals surface area contributed by atoms with E-state index in [9.17, 15) is 37.3 Å². The molecule has 0 aliphatic heterocycles. The van der Waals surface area contributed by atoms with E-state index in [0.29, 0.717) is 33.6 Å². The van der Waals surface area contributed by atoms with Crippen molar-refractivity contribution in [2.75, 3.05) is 16.0 Å². The predicted octanol–water partition coefficient (Wildman–Crippen LogP) is 12.4. The summed E-state index contributed by atoms with van der Waals surface area (Å²) in [6.07, 6.45) is -1.35. The molecule has 2 heterocycles. The van der Waals surface area contributed by atoms with E-state index < -0.39 is 29.1 Å². The maximum Gasteiger partial charge on any atom is 0.416 e. The van der Waals surface area contributed by atoms with Gasteiger partial charge in [0.15, 0.2) is 23.1 Å². The van der Waals surface area contributed by atoms with Gasteiger partial charge in [0.25, 0.3) is 0 Å². The number of phenols is 3. The summed E-state index contributed by atoms with van der Waals surface area (Å²) in [5, 5.41) is 38.4. The molecule has 0 radical (unpaired) electrons. The highest BCUT2D eigenvalue weighted by Crippen LogP contribution is 2.40. The molecule has 0 atom stereocenters. The van der Waals surface area contributed by atoms with E-state index in [-0.39, 0.29) is 51.6 Å². The highest BCUT2D eigenvalue weighted by Gasteiger charge is 2.32. The summed E-state index contributed by atoms with van der Waals surface area (Å²) in [4.78, 5) is 0. The molecule has 0 bridgehead atoms. The van der Waals surface area contributed by atoms with Crippen LogP contribution in [0.5, 0.6) is 17.2 Å². The maximum absolute atomic E-state index is 13.0. The quantitative estimate of drug-likeness (QED) is 0.0629. The van der Waals surface area contributed by atoms with Gasteiger partial charge in [-0.15, -0.1) is 0 Å². The van der Waals surface area contributed by atoms with Crippen LogP contribution in [-0.4, -0.2) is 15.3 Å². The first kappa shape index (κ1) is 41.8. The van der Waals surface area contributed by atoms with Gasteiger partial charge in [-0.25, -0.2) is 4.39 Å². The molecule has 2 aromatic heterocycles. The van der Waals surface area contributed by atoms with Crippen LogP contribution in [0.3, 0.4) is 0 Å². The number of nitrogens with one attached hydrogen (secondary N) is 3. The van der Waals surface area contributed by atoms with Crippen LogP contribution in [0.1, 0.15) is 28.2 Å². The lowest BCUT2D eigenvalue weighted by atomic mass is 10.1. The van der Waals surface area contributed by atoms with Gasteiger partial charge in [0.1, 0.15) is 11.5 Å². The molecular weight excluding hydrogens is 803 g/mol. The third-order valence-corrected chi connectivity index (χ3v) is 8.74. The summed E-state index contributed by atoms with van der Waals surface area (Å²) in [6.45, 7) is 2.24. The number of anilines is 3. The Morgan fingerprint density at radius 1 is 0.630 bits per heavy atom. The van der Waals surface area contributed by atoms with Crippen LogP contribution in [0.2, 0.25) is 20.1 Å². The van der Waals surface area contributed by atoms with E-state index in [2.05, 4.69) is 16.0 Å². The average molecular weight is 833 g/mol. The molecule has 0 aliphatic rings. The van der Waals surface area contributed by atoms with E-state index in [1.165, 1.54) is 42.7 Å². The zero-order chi connectivity index (χ0) is 39.6. The molecule has 0 saturated heterocycles. The lowest BCUT2D eigenvalue weighted by molar-refractivity contribution is -0.138. The van der Waals surface area contributed by atoms with Crippen LogP contribution in [0.4, 0.5) is 39.0 Å². The second kappa shape index (κ2) is 18.9. The van der Waals surface area contributed by atoms with Gasteiger partial charge in [-0.2, -0.15) is 17.6 Å². The number of hydrogen-bond acceptors (Lipinski definition) is 8. The monoisotopic (exact) mass is 831 g/mol. The van der Waals surface area contributed by atoms with Crippen LogP contribution in [-0.2, 0) is 25.8 Å². The van der Waals surface area contributed by atoms with Crippen molar-refractivity contribution >= 4 is 63.5 Å². The molecule has 286 valence electrons. The zero-order valence-corrected chi connectivity index (χ0v) is 30.9. The summed E-state index contributed by atoms with van der Waals surface area (Å²) >= 11 is 23.5. The van der Waals surface area contributed by atoms with Gasteiger partial charge in [0, 0.05) is 16.6 Å². The molecule has 6 rings (SSSR count). The molecule has 6 N–H and O–H groups in total. The van der Waals surface area contributed by atoms with Crippen molar-refractivity contribution in [1.29, 1.82) is 0 Å². The minimum atomic E-state index is -4.44. The SMILES string of the molecule is Cc1c(Cl)cc(NCc2ccccc2C(F)(F)F)c(O)c1Cl.Oc1c(Cl)cc(Cl)cc1NCc1ccco1.Oc1c(NCc2ccco2)ccc(F)c1F. The molecule has 4 aromatic carbocycles. The van der Waals surface area contributed by atoms with E-state index in [1.807, 2.05) is 6.07 Å². The van der Waals surface area contributed by atoms with Crippen molar-refractivity contribution in [3.8, 4) is 17.2 Å². The van der Waals surface area contributed by atoms with Crippen molar-refractivity contribution in [2.24, 2.45) is 0 Å². The fourth-order valence-electron chi connectivity index (χ4n) is 4.55. The number of furan rings is 2. The van der Waals surface area contributed by atoms with Crippen molar-refractivity contribution in [3.05, 3.63) is 151 Å². The Bertz CT molecular complexity index is 2150. The third kappa shape index (κ3) is 11.3. The second-order valence-corrected chi connectivity index (χ2v) is 12.7.